The van der Waals surface area contributed by atoms with E-state index in [2.05, 4.69) is 11.2 Å². The molecule has 0 aliphatic heterocycles. The maximum atomic E-state index is 11.1. The summed E-state index contributed by atoms with van der Waals surface area (Å²) in [6, 6.07) is 0. The second kappa shape index (κ2) is 6.50. The average Bonchev–Trinajstić information content (AvgIpc) is 2.04. The van der Waals surface area contributed by atoms with E-state index in [-0.39, 0.29) is 18.6 Å². The molecule has 0 heterocycles. The van der Waals surface area contributed by atoms with Gasteiger partial charge in [0, 0.05) is 0 Å². The Labute approximate surface area is 79.8 Å². The second-order valence-electron chi connectivity index (χ2n) is 3.25. The van der Waals surface area contributed by atoms with Crippen molar-refractivity contribution in [1.29, 1.82) is 0 Å². The van der Waals surface area contributed by atoms with Crippen molar-refractivity contribution in [3.05, 3.63) is 0 Å². The molecule has 3 nitrogen and oxygen atoms in total. The summed E-state index contributed by atoms with van der Waals surface area (Å²) in [6.07, 6.45) is 4.96. The Morgan fingerprint density at radius 1 is 1.54 bits per heavy atom. The minimum atomic E-state index is -0.253. The largest absolute Gasteiger partial charge is 0.461 e. The van der Waals surface area contributed by atoms with Gasteiger partial charge in [0.15, 0.2) is 0 Å². The lowest BCUT2D eigenvalue weighted by Crippen LogP contribution is -2.29. The number of nitrogens with one attached hydrogen (secondary N) is 1. The van der Waals surface area contributed by atoms with E-state index >= 15 is 0 Å². The molecule has 0 aliphatic carbocycles. The van der Waals surface area contributed by atoms with E-state index in [1.807, 2.05) is 20.8 Å². The molecule has 0 saturated carbocycles. The first kappa shape index (κ1) is 12.0. The quantitative estimate of drug-likeness (QED) is 0.389. The number of esters is 1. The normalized spacial score (nSPS) is 12.2. The third-order valence-electron chi connectivity index (χ3n) is 1.75. The van der Waals surface area contributed by atoms with Gasteiger partial charge in [0.2, 0.25) is 0 Å². The van der Waals surface area contributed by atoms with Crippen molar-refractivity contribution in [2.45, 2.75) is 26.9 Å². The molecule has 1 N–H and O–H groups in total. The Balaban J connectivity index is 3.57. The van der Waals surface area contributed by atoms with E-state index in [1.165, 1.54) is 0 Å². The molecule has 0 fully saturated rings. The number of carbonyl (C=O) groups excluding carboxylic acids is 1. The fourth-order valence-corrected chi connectivity index (χ4v) is 0.622. The van der Waals surface area contributed by atoms with E-state index in [4.69, 9.17) is 11.2 Å². The summed E-state index contributed by atoms with van der Waals surface area (Å²) in [5.41, 5.74) is 0. The lowest BCUT2D eigenvalue weighted by Gasteiger charge is -2.16. The third-order valence-corrected chi connectivity index (χ3v) is 1.75. The van der Waals surface area contributed by atoms with Crippen LogP contribution in [0.5, 0.6) is 0 Å². The summed E-state index contributed by atoms with van der Waals surface area (Å²) >= 11 is 0. The number of carbonyl (C=O) groups is 1. The summed E-state index contributed by atoms with van der Waals surface area (Å²) in [5.74, 6) is 2.47. The highest BCUT2D eigenvalue weighted by Crippen LogP contribution is 2.04. The van der Waals surface area contributed by atoms with Gasteiger partial charge in [-0.25, -0.2) is 0 Å². The number of hydrogen-bond acceptors (Lipinski definition) is 3. The van der Waals surface area contributed by atoms with Gasteiger partial charge in [0.1, 0.15) is 6.10 Å². The van der Waals surface area contributed by atoms with Gasteiger partial charge in [-0.05, 0) is 12.8 Å². The van der Waals surface area contributed by atoms with Crippen LogP contribution in [0.25, 0.3) is 0 Å². The zero-order valence-corrected chi connectivity index (χ0v) is 8.46. The standard InChI is InChI=1S/C10H17NO2/c1-5-6-11-7-10(12)13-9(4)8(2)3/h1,8-9,11H,6-7H2,2-4H3. The van der Waals surface area contributed by atoms with E-state index < -0.39 is 0 Å². The molecule has 0 aromatic carbocycles. The maximum Gasteiger partial charge on any atom is 0.320 e. The Morgan fingerprint density at radius 2 is 2.15 bits per heavy atom. The summed E-state index contributed by atoms with van der Waals surface area (Å²) in [7, 11) is 0. The number of terminal acetylenes is 1. The molecule has 0 aliphatic rings. The highest BCUT2D eigenvalue weighted by atomic mass is 16.5. The molecule has 0 spiro atoms. The molecule has 0 amide bonds. The van der Waals surface area contributed by atoms with Gasteiger partial charge in [-0.15, -0.1) is 6.42 Å². The van der Waals surface area contributed by atoms with Crippen molar-refractivity contribution in [3.8, 4) is 12.3 Å². The predicted octanol–water partition coefficient (Wildman–Crippen LogP) is 0.797. The van der Waals surface area contributed by atoms with Crippen LogP contribution in [0.2, 0.25) is 0 Å². The number of hydrogen-bond donors (Lipinski definition) is 1. The monoisotopic (exact) mass is 183 g/mol. The molecule has 0 aromatic heterocycles. The fourth-order valence-electron chi connectivity index (χ4n) is 0.622. The van der Waals surface area contributed by atoms with Crippen LogP contribution in [-0.4, -0.2) is 25.2 Å². The van der Waals surface area contributed by atoms with Crippen LogP contribution < -0.4 is 5.32 Å². The van der Waals surface area contributed by atoms with Crippen molar-refractivity contribution in [2.75, 3.05) is 13.1 Å². The number of rotatable bonds is 5. The molecule has 74 valence electrons. The lowest BCUT2D eigenvalue weighted by atomic mass is 10.1. The zero-order chi connectivity index (χ0) is 10.3. The summed E-state index contributed by atoms with van der Waals surface area (Å²) in [4.78, 5) is 11.1. The average molecular weight is 183 g/mol. The van der Waals surface area contributed by atoms with Gasteiger partial charge in [-0.3, -0.25) is 10.1 Å². The molecular formula is C10H17NO2. The molecule has 0 rings (SSSR count). The minimum absolute atomic E-state index is 0.0415. The molecule has 0 saturated heterocycles. The molecule has 1 atom stereocenters. The summed E-state index contributed by atoms with van der Waals surface area (Å²) in [5, 5.41) is 2.77. The summed E-state index contributed by atoms with van der Waals surface area (Å²) in [6.45, 7) is 6.47. The van der Waals surface area contributed by atoms with Crippen LogP contribution in [0.3, 0.4) is 0 Å². The molecule has 13 heavy (non-hydrogen) atoms. The van der Waals surface area contributed by atoms with Gasteiger partial charge >= 0.3 is 5.97 Å². The highest BCUT2D eigenvalue weighted by Gasteiger charge is 2.11. The fraction of sp³-hybridized carbons (Fsp3) is 0.700. The van der Waals surface area contributed by atoms with Crippen LogP contribution in [0.4, 0.5) is 0 Å². The topological polar surface area (TPSA) is 38.3 Å². The molecule has 0 bridgehead atoms. The first-order chi connectivity index (χ1) is 6.07. The Bertz CT molecular complexity index is 194. The Hall–Kier alpha value is -1.01. The van der Waals surface area contributed by atoms with Crippen molar-refractivity contribution in [3.63, 3.8) is 0 Å². The van der Waals surface area contributed by atoms with E-state index in [9.17, 15) is 4.79 Å². The summed E-state index contributed by atoms with van der Waals surface area (Å²) < 4.78 is 5.09. The highest BCUT2D eigenvalue weighted by molar-refractivity contribution is 5.71. The molecule has 0 radical (unpaired) electrons. The minimum Gasteiger partial charge on any atom is -0.461 e. The van der Waals surface area contributed by atoms with Crippen molar-refractivity contribution in [1.82, 2.24) is 5.32 Å². The molecule has 0 aromatic rings. The molecular weight excluding hydrogens is 166 g/mol. The van der Waals surface area contributed by atoms with Crippen LogP contribution >= 0.6 is 0 Å². The molecule has 3 heteroatoms. The van der Waals surface area contributed by atoms with Crippen LogP contribution in [-0.2, 0) is 9.53 Å². The SMILES string of the molecule is C#CCNCC(=O)OC(C)C(C)C. The second-order valence-corrected chi connectivity index (χ2v) is 3.25. The van der Waals surface area contributed by atoms with Crippen LogP contribution in [0, 0.1) is 18.3 Å². The van der Waals surface area contributed by atoms with Crippen LogP contribution in [0.15, 0.2) is 0 Å². The molecule has 1 unspecified atom stereocenters. The van der Waals surface area contributed by atoms with Gasteiger partial charge < -0.3 is 4.74 Å². The van der Waals surface area contributed by atoms with Gasteiger partial charge in [-0.2, -0.15) is 0 Å². The Morgan fingerprint density at radius 3 is 2.62 bits per heavy atom. The maximum absolute atomic E-state index is 11.1. The first-order valence-electron chi connectivity index (χ1n) is 4.41. The van der Waals surface area contributed by atoms with Crippen molar-refractivity contribution < 1.29 is 9.53 Å². The van der Waals surface area contributed by atoms with Gasteiger partial charge in [0.25, 0.3) is 0 Å². The van der Waals surface area contributed by atoms with E-state index in [0.717, 1.165) is 0 Å². The number of ether oxygens (including phenoxy) is 1. The van der Waals surface area contributed by atoms with Crippen molar-refractivity contribution in [2.24, 2.45) is 5.92 Å². The van der Waals surface area contributed by atoms with Crippen LogP contribution in [0.1, 0.15) is 20.8 Å². The lowest BCUT2D eigenvalue weighted by molar-refractivity contribution is -0.148. The first-order valence-corrected chi connectivity index (χ1v) is 4.41. The smallest absolute Gasteiger partial charge is 0.320 e. The van der Waals surface area contributed by atoms with E-state index in [0.29, 0.717) is 12.5 Å². The third kappa shape index (κ3) is 6.18. The predicted molar refractivity (Wildman–Crippen MR) is 52.1 cm³/mol. The van der Waals surface area contributed by atoms with Crippen molar-refractivity contribution >= 4 is 5.97 Å². The van der Waals surface area contributed by atoms with Gasteiger partial charge in [0.05, 0.1) is 13.1 Å². The van der Waals surface area contributed by atoms with E-state index in [1.54, 1.807) is 0 Å². The zero-order valence-electron chi connectivity index (χ0n) is 8.46. The van der Waals surface area contributed by atoms with Gasteiger partial charge in [-0.1, -0.05) is 19.8 Å². The Kier molecular flexibility index (Phi) is 5.99.